The van der Waals surface area contributed by atoms with Gasteiger partial charge in [0.2, 0.25) is 0 Å². The van der Waals surface area contributed by atoms with E-state index in [9.17, 15) is 4.79 Å². The number of ether oxygens (including phenoxy) is 1. The Morgan fingerprint density at radius 2 is 2.13 bits per heavy atom. The minimum absolute atomic E-state index is 0.282. The van der Waals surface area contributed by atoms with Gasteiger partial charge in [-0.3, -0.25) is 0 Å². The third kappa shape index (κ3) is 3.05. The number of halogens is 2. The molecule has 0 spiro atoms. The Balaban J connectivity index is 3.17. The summed E-state index contributed by atoms with van der Waals surface area (Å²) in [4.78, 5) is 11.6. The molecule has 1 aromatic rings. The summed E-state index contributed by atoms with van der Waals surface area (Å²) in [6.07, 6.45) is 0. The predicted octanol–water partition coefficient (Wildman–Crippen LogP) is 3.83. The molecule has 0 aromatic heterocycles. The van der Waals surface area contributed by atoms with Crippen LogP contribution >= 0.6 is 31.9 Å². The number of carbonyl (C=O) groups is 1. The van der Waals surface area contributed by atoms with E-state index in [1.165, 1.54) is 0 Å². The molecule has 1 rings (SSSR count). The monoisotopic (exact) mass is 334 g/mol. The van der Waals surface area contributed by atoms with E-state index in [1.807, 2.05) is 19.1 Å². The van der Waals surface area contributed by atoms with Crippen molar-refractivity contribution in [1.29, 1.82) is 0 Å². The van der Waals surface area contributed by atoms with Gasteiger partial charge in [-0.2, -0.15) is 0 Å². The zero-order valence-corrected chi connectivity index (χ0v) is 11.8. The van der Waals surface area contributed by atoms with Crippen LogP contribution in [0.1, 0.15) is 28.4 Å². The maximum Gasteiger partial charge on any atom is 0.339 e. The summed E-state index contributed by atoms with van der Waals surface area (Å²) in [5.41, 5.74) is 2.69. The average molecular weight is 336 g/mol. The maximum atomic E-state index is 11.6. The smallest absolute Gasteiger partial charge is 0.339 e. The van der Waals surface area contributed by atoms with Gasteiger partial charge in [0.15, 0.2) is 0 Å². The molecule has 0 saturated carbocycles. The van der Waals surface area contributed by atoms with Gasteiger partial charge in [0.25, 0.3) is 0 Å². The highest BCUT2D eigenvalue weighted by Crippen LogP contribution is 2.26. The van der Waals surface area contributed by atoms with Crippen molar-refractivity contribution in [1.82, 2.24) is 0 Å². The van der Waals surface area contributed by atoms with E-state index >= 15 is 0 Å². The summed E-state index contributed by atoms with van der Waals surface area (Å²) in [5, 5.41) is 0.710. The van der Waals surface area contributed by atoms with Crippen LogP contribution in [-0.4, -0.2) is 12.6 Å². The van der Waals surface area contributed by atoms with E-state index in [0.29, 0.717) is 17.5 Å². The molecule has 82 valence electrons. The molecular formula is C11H12Br2O2. The number of alkyl halides is 1. The molecule has 0 aliphatic carbocycles. The Morgan fingerprint density at radius 3 is 2.67 bits per heavy atom. The summed E-state index contributed by atoms with van der Waals surface area (Å²) < 4.78 is 5.79. The first-order valence-corrected chi connectivity index (χ1v) is 6.53. The van der Waals surface area contributed by atoms with Gasteiger partial charge in [-0.15, -0.1) is 0 Å². The van der Waals surface area contributed by atoms with Gasteiger partial charge in [-0.1, -0.05) is 22.0 Å². The highest BCUT2D eigenvalue weighted by molar-refractivity contribution is 9.10. The molecule has 0 heterocycles. The standard InChI is InChI=1S/C11H12Br2O2/c1-3-15-11(14)9-5-7(2)4-8(6-12)10(9)13/h4-5H,3,6H2,1-2H3. The first-order valence-electron chi connectivity index (χ1n) is 4.62. The Kier molecular flexibility index (Phi) is 4.80. The molecule has 1 aromatic carbocycles. The number of carbonyl (C=O) groups excluding carboxylic acids is 1. The van der Waals surface area contributed by atoms with E-state index in [0.717, 1.165) is 15.6 Å². The molecule has 0 fully saturated rings. The molecule has 0 saturated heterocycles. The van der Waals surface area contributed by atoms with Gasteiger partial charge < -0.3 is 4.74 Å². The number of hydrogen-bond acceptors (Lipinski definition) is 2. The largest absolute Gasteiger partial charge is 0.462 e. The summed E-state index contributed by atoms with van der Waals surface area (Å²) in [5.74, 6) is -0.282. The van der Waals surface area contributed by atoms with Gasteiger partial charge in [0.1, 0.15) is 0 Å². The quantitative estimate of drug-likeness (QED) is 0.620. The summed E-state index contributed by atoms with van der Waals surface area (Å²) >= 11 is 6.80. The Bertz CT molecular complexity index is 375. The van der Waals surface area contributed by atoms with E-state index in [4.69, 9.17) is 4.74 Å². The fourth-order valence-corrected chi connectivity index (χ4v) is 2.65. The second kappa shape index (κ2) is 5.66. The highest BCUT2D eigenvalue weighted by Gasteiger charge is 2.14. The first-order chi connectivity index (χ1) is 7.10. The zero-order valence-electron chi connectivity index (χ0n) is 8.64. The predicted molar refractivity (Wildman–Crippen MR) is 67.5 cm³/mol. The molecule has 15 heavy (non-hydrogen) atoms. The summed E-state index contributed by atoms with van der Waals surface area (Å²) in [6.45, 7) is 4.15. The molecule has 0 atom stereocenters. The molecule has 0 radical (unpaired) electrons. The number of esters is 1. The maximum absolute atomic E-state index is 11.6. The summed E-state index contributed by atoms with van der Waals surface area (Å²) in [6, 6.07) is 3.86. The lowest BCUT2D eigenvalue weighted by Crippen LogP contribution is -2.07. The zero-order chi connectivity index (χ0) is 11.4. The van der Waals surface area contributed by atoms with Crippen molar-refractivity contribution in [3.05, 3.63) is 33.3 Å². The lowest BCUT2D eigenvalue weighted by molar-refractivity contribution is 0.0525. The van der Waals surface area contributed by atoms with E-state index < -0.39 is 0 Å². The average Bonchev–Trinajstić information content (AvgIpc) is 2.21. The number of aryl methyl sites for hydroxylation is 1. The fraction of sp³-hybridized carbons (Fsp3) is 0.364. The molecule has 0 N–H and O–H groups in total. The van der Waals surface area contributed by atoms with Crippen LogP contribution in [0.3, 0.4) is 0 Å². The molecule has 2 nitrogen and oxygen atoms in total. The minimum atomic E-state index is -0.282. The van der Waals surface area contributed by atoms with Crippen LogP contribution in [0.15, 0.2) is 16.6 Å². The number of benzene rings is 1. The molecule has 4 heteroatoms. The lowest BCUT2D eigenvalue weighted by atomic mass is 10.1. The molecular weight excluding hydrogens is 324 g/mol. The van der Waals surface area contributed by atoms with Crippen LogP contribution in [0, 0.1) is 6.92 Å². The van der Waals surface area contributed by atoms with Crippen molar-refractivity contribution in [2.24, 2.45) is 0 Å². The summed E-state index contributed by atoms with van der Waals surface area (Å²) in [7, 11) is 0. The topological polar surface area (TPSA) is 26.3 Å². The van der Waals surface area contributed by atoms with Crippen molar-refractivity contribution in [2.75, 3.05) is 6.61 Å². The van der Waals surface area contributed by atoms with Crippen LogP contribution in [-0.2, 0) is 10.1 Å². The van der Waals surface area contributed by atoms with Gasteiger partial charge in [0, 0.05) is 9.80 Å². The van der Waals surface area contributed by atoms with E-state index in [2.05, 4.69) is 31.9 Å². The van der Waals surface area contributed by atoms with Gasteiger partial charge in [-0.05, 0) is 47.0 Å². The van der Waals surface area contributed by atoms with Gasteiger partial charge in [-0.25, -0.2) is 4.79 Å². The Labute approximate surface area is 106 Å². The molecule has 0 amide bonds. The fourth-order valence-electron chi connectivity index (χ4n) is 1.30. The second-order valence-corrected chi connectivity index (χ2v) is 4.49. The lowest BCUT2D eigenvalue weighted by Gasteiger charge is -2.09. The van der Waals surface area contributed by atoms with Crippen molar-refractivity contribution < 1.29 is 9.53 Å². The van der Waals surface area contributed by atoms with Crippen molar-refractivity contribution in [3.63, 3.8) is 0 Å². The molecule has 0 aliphatic rings. The van der Waals surface area contributed by atoms with Crippen molar-refractivity contribution in [3.8, 4) is 0 Å². The van der Waals surface area contributed by atoms with Crippen LogP contribution in [0.4, 0.5) is 0 Å². The third-order valence-electron chi connectivity index (χ3n) is 1.93. The van der Waals surface area contributed by atoms with Crippen LogP contribution < -0.4 is 0 Å². The SMILES string of the molecule is CCOC(=O)c1cc(C)cc(CBr)c1Br. The normalized spacial score (nSPS) is 10.1. The van der Waals surface area contributed by atoms with Crippen molar-refractivity contribution in [2.45, 2.75) is 19.2 Å². The third-order valence-corrected chi connectivity index (χ3v) is 3.47. The number of rotatable bonds is 3. The number of hydrogen-bond donors (Lipinski definition) is 0. The van der Waals surface area contributed by atoms with Crippen molar-refractivity contribution >= 4 is 37.8 Å². The van der Waals surface area contributed by atoms with Crippen LogP contribution in [0.5, 0.6) is 0 Å². The van der Waals surface area contributed by atoms with Gasteiger partial charge in [0.05, 0.1) is 12.2 Å². The molecule has 0 aliphatic heterocycles. The van der Waals surface area contributed by atoms with Gasteiger partial charge >= 0.3 is 5.97 Å². The van der Waals surface area contributed by atoms with Crippen LogP contribution in [0.25, 0.3) is 0 Å². The second-order valence-electron chi connectivity index (χ2n) is 3.14. The highest BCUT2D eigenvalue weighted by atomic mass is 79.9. The first kappa shape index (κ1) is 12.7. The van der Waals surface area contributed by atoms with Crippen LogP contribution in [0.2, 0.25) is 0 Å². The van der Waals surface area contributed by atoms with E-state index in [-0.39, 0.29) is 5.97 Å². The molecule has 0 bridgehead atoms. The molecule has 0 unspecified atom stereocenters. The Morgan fingerprint density at radius 1 is 1.47 bits per heavy atom. The van der Waals surface area contributed by atoms with E-state index in [1.54, 1.807) is 6.92 Å². The Hall–Kier alpha value is -0.350. The minimum Gasteiger partial charge on any atom is -0.462 e.